The van der Waals surface area contributed by atoms with Crippen molar-refractivity contribution in [3.63, 3.8) is 0 Å². The molecular formula is C12H21N5O. The average Bonchev–Trinajstić information content (AvgIpc) is 2.88. The Balaban J connectivity index is 2.10. The number of nitrogens with zero attached hydrogens (tertiary/aromatic N) is 3. The van der Waals surface area contributed by atoms with Crippen molar-refractivity contribution >= 4 is 5.91 Å². The summed E-state index contributed by atoms with van der Waals surface area (Å²) in [7, 11) is 0. The zero-order valence-electron chi connectivity index (χ0n) is 10.9. The fourth-order valence-electron chi connectivity index (χ4n) is 2.44. The van der Waals surface area contributed by atoms with Crippen molar-refractivity contribution < 1.29 is 4.79 Å². The summed E-state index contributed by atoms with van der Waals surface area (Å²) in [5.41, 5.74) is 5.61. The van der Waals surface area contributed by atoms with E-state index >= 15 is 0 Å². The Labute approximate surface area is 107 Å². The fraction of sp³-hybridized carbons (Fsp3) is 0.750. The van der Waals surface area contributed by atoms with Crippen molar-refractivity contribution in [1.29, 1.82) is 0 Å². The van der Waals surface area contributed by atoms with Crippen LogP contribution in [0.25, 0.3) is 0 Å². The number of aromatic amines is 1. The molecule has 0 bridgehead atoms. The molecule has 0 saturated carbocycles. The Kier molecular flexibility index (Phi) is 4.30. The first-order chi connectivity index (χ1) is 8.76. The Morgan fingerprint density at radius 1 is 1.56 bits per heavy atom. The van der Waals surface area contributed by atoms with Crippen molar-refractivity contribution in [3.8, 4) is 0 Å². The topological polar surface area (TPSA) is 87.9 Å². The molecule has 0 aliphatic carbocycles. The van der Waals surface area contributed by atoms with Crippen molar-refractivity contribution in [1.82, 2.24) is 20.1 Å². The molecule has 1 atom stereocenters. The van der Waals surface area contributed by atoms with Crippen LogP contribution in [-0.2, 0) is 6.42 Å². The van der Waals surface area contributed by atoms with Crippen LogP contribution in [0, 0.1) is 0 Å². The van der Waals surface area contributed by atoms with E-state index in [1.165, 1.54) is 6.42 Å². The number of aromatic nitrogens is 3. The first-order valence-electron chi connectivity index (χ1n) is 6.68. The van der Waals surface area contributed by atoms with Gasteiger partial charge in [0.15, 0.2) is 0 Å². The van der Waals surface area contributed by atoms with E-state index < -0.39 is 0 Å². The minimum atomic E-state index is -0.0656. The summed E-state index contributed by atoms with van der Waals surface area (Å²) in [6.07, 6.45) is 4.87. The van der Waals surface area contributed by atoms with Crippen LogP contribution in [0.2, 0.25) is 0 Å². The van der Waals surface area contributed by atoms with Crippen LogP contribution >= 0.6 is 0 Å². The van der Waals surface area contributed by atoms with Crippen LogP contribution in [0.5, 0.6) is 0 Å². The minimum absolute atomic E-state index is 0.0656. The summed E-state index contributed by atoms with van der Waals surface area (Å²) < 4.78 is 0. The van der Waals surface area contributed by atoms with E-state index in [0.717, 1.165) is 38.1 Å². The molecule has 1 aliphatic rings. The second-order valence-corrected chi connectivity index (χ2v) is 4.68. The number of rotatable bonds is 4. The summed E-state index contributed by atoms with van der Waals surface area (Å²) in [6.45, 7) is 3.38. The molecule has 1 amide bonds. The molecule has 1 aliphatic heterocycles. The highest BCUT2D eigenvalue weighted by Crippen LogP contribution is 2.20. The first-order valence-corrected chi connectivity index (χ1v) is 6.68. The molecule has 0 radical (unpaired) electrons. The van der Waals surface area contributed by atoms with Crippen LogP contribution in [0.4, 0.5) is 0 Å². The van der Waals surface area contributed by atoms with Crippen LogP contribution in [0.15, 0.2) is 0 Å². The zero-order valence-corrected chi connectivity index (χ0v) is 10.9. The van der Waals surface area contributed by atoms with E-state index in [2.05, 4.69) is 15.2 Å². The zero-order chi connectivity index (χ0) is 13.0. The molecule has 1 unspecified atom stereocenters. The third-order valence-electron chi connectivity index (χ3n) is 3.45. The highest BCUT2D eigenvalue weighted by atomic mass is 16.2. The molecule has 2 rings (SSSR count). The highest BCUT2D eigenvalue weighted by Gasteiger charge is 2.28. The standard InChI is InChI=1S/C12H21N5O/c1-2-10-14-11(16-15-10)12(18)17-8-4-3-5-9(17)6-7-13/h9H,2-8,13H2,1H3,(H,14,15,16). The quantitative estimate of drug-likeness (QED) is 0.825. The molecule has 6 heteroatoms. The molecule has 2 heterocycles. The van der Waals surface area contributed by atoms with E-state index in [1.54, 1.807) is 0 Å². The van der Waals surface area contributed by atoms with Crippen LogP contribution in [0.3, 0.4) is 0 Å². The lowest BCUT2D eigenvalue weighted by Crippen LogP contribution is -2.45. The number of nitrogens with two attached hydrogens (primary N) is 1. The Bertz CT molecular complexity index is 401. The van der Waals surface area contributed by atoms with Gasteiger partial charge in [-0.25, -0.2) is 4.98 Å². The molecule has 18 heavy (non-hydrogen) atoms. The van der Waals surface area contributed by atoms with Gasteiger partial charge >= 0.3 is 0 Å². The van der Waals surface area contributed by atoms with E-state index in [4.69, 9.17) is 5.73 Å². The van der Waals surface area contributed by atoms with Crippen LogP contribution in [-0.4, -0.2) is 45.1 Å². The number of carbonyl (C=O) groups is 1. The number of hydrogen-bond donors (Lipinski definition) is 2. The number of hydrogen-bond acceptors (Lipinski definition) is 4. The number of piperidine rings is 1. The second kappa shape index (κ2) is 5.95. The van der Waals surface area contributed by atoms with E-state index in [0.29, 0.717) is 6.54 Å². The van der Waals surface area contributed by atoms with Crippen molar-refractivity contribution in [2.75, 3.05) is 13.1 Å². The van der Waals surface area contributed by atoms with Crippen molar-refractivity contribution in [3.05, 3.63) is 11.6 Å². The SMILES string of the molecule is CCc1nc(C(=O)N2CCCCC2CCN)n[nH]1. The molecule has 0 aromatic carbocycles. The maximum absolute atomic E-state index is 12.4. The monoisotopic (exact) mass is 251 g/mol. The van der Waals surface area contributed by atoms with Gasteiger partial charge < -0.3 is 10.6 Å². The molecule has 1 aromatic heterocycles. The van der Waals surface area contributed by atoms with Crippen molar-refractivity contribution in [2.24, 2.45) is 5.73 Å². The van der Waals surface area contributed by atoms with Gasteiger partial charge in [0, 0.05) is 19.0 Å². The van der Waals surface area contributed by atoms with Gasteiger partial charge in [0.2, 0.25) is 5.82 Å². The maximum atomic E-state index is 12.4. The normalized spacial score (nSPS) is 20.1. The predicted molar refractivity (Wildman–Crippen MR) is 68.1 cm³/mol. The van der Waals surface area contributed by atoms with Crippen molar-refractivity contribution in [2.45, 2.75) is 45.1 Å². The average molecular weight is 251 g/mol. The summed E-state index contributed by atoms with van der Waals surface area (Å²) in [4.78, 5) is 18.5. The first kappa shape index (κ1) is 13.0. The summed E-state index contributed by atoms with van der Waals surface area (Å²) in [5, 5.41) is 6.79. The van der Waals surface area contributed by atoms with Gasteiger partial charge in [-0.2, -0.15) is 0 Å². The molecule has 3 N–H and O–H groups in total. The molecule has 6 nitrogen and oxygen atoms in total. The molecular weight excluding hydrogens is 230 g/mol. The third-order valence-corrected chi connectivity index (χ3v) is 3.45. The van der Waals surface area contributed by atoms with Gasteiger partial charge in [0.1, 0.15) is 5.82 Å². The van der Waals surface area contributed by atoms with Crippen LogP contribution in [0.1, 0.15) is 49.1 Å². The number of amides is 1. The van der Waals surface area contributed by atoms with Gasteiger partial charge in [-0.3, -0.25) is 9.89 Å². The second-order valence-electron chi connectivity index (χ2n) is 4.68. The molecule has 100 valence electrons. The number of nitrogens with one attached hydrogen (secondary N) is 1. The minimum Gasteiger partial charge on any atom is -0.333 e. The predicted octanol–water partition coefficient (Wildman–Crippen LogP) is 0.711. The fourth-order valence-corrected chi connectivity index (χ4v) is 2.44. The number of carbonyl (C=O) groups excluding carboxylic acids is 1. The smallest absolute Gasteiger partial charge is 0.293 e. The molecule has 1 fully saturated rings. The van der Waals surface area contributed by atoms with Gasteiger partial charge in [-0.1, -0.05) is 6.92 Å². The number of H-pyrrole nitrogens is 1. The van der Waals surface area contributed by atoms with Crippen LogP contribution < -0.4 is 5.73 Å². The summed E-state index contributed by atoms with van der Waals surface area (Å²) >= 11 is 0. The van der Waals surface area contributed by atoms with E-state index in [-0.39, 0.29) is 17.8 Å². The Morgan fingerprint density at radius 3 is 3.06 bits per heavy atom. The largest absolute Gasteiger partial charge is 0.333 e. The summed E-state index contributed by atoms with van der Waals surface area (Å²) in [6, 6.07) is 0.250. The lowest BCUT2D eigenvalue weighted by molar-refractivity contribution is 0.0592. The van der Waals surface area contributed by atoms with Gasteiger partial charge in [-0.05, 0) is 32.2 Å². The summed E-state index contributed by atoms with van der Waals surface area (Å²) in [5.74, 6) is 0.977. The Morgan fingerprint density at radius 2 is 2.39 bits per heavy atom. The number of likely N-dealkylation sites (tertiary alicyclic amines) is 1. The maximum Gasteiger partial charge on any atom is 0.293 e. The molecule has 1 saturated heterocycles. The molecule has 1 aromatic rings. The molecule has 0 spiro atoms. The lowest BCUT2D eigenvalue weighted by atomic mass is 9.99. The van der Waals surface area contributed by atoms with E-state index in [9.17, 15) is 4.79 Å². The highest BCUT2D eigenvalue weighted by molar-refractivity contribution is 5.90. The Hall–Kier alpha value is -1.43. The lowest BCUT2D eigenvalue weighted by Gasteiger charge is -2.34. The van der Waals surface area contributed by atoms with Gasteiger partial charge in [0.05, 0.1) is 0 Å². The van der Waals surface area contributed by atoms with Gasteiger partial charge in [-0.15, -0.1) is 5.10 Å². The van der Waals surface area contributed by atoms with E-state index in [1.807, 2.05) is 11.8 Å². The third kappa shape index (κ3) is 2.69. The number of aryl methyl sites for hydroxylation is 1. The van der Waals surface area contributed by atoms with Gasteiger partial charge in [0.25, 0.3) is 5.91 Å².